The highest BCUT2D eigenvalue weighted by Crippen LogP contribution is 2.44. The fourth-order valence-corrected chi connectivity index (χ4v) is 3.70. The van der Waals surface area contributed by atoms with E-state index in [1.54, 1.807) is 0 Å². The van der Waals surface area contributed by atoms with Crippen molar-refractivity contribution in [3.8, 4) is 0 Å². The van der Waals surface area contributed by atoms with Gasteiger partial charge in [0.05, 0.1) is 11.6 Å². The van der Waals surface area contributed by atoms with E-state index in [2.05, 4.69) is 71.6 Å². The first kappa shape index (κ1) is 10.9. The number of para-hydroxylation sites is 1. The third-order valence-electron chi connectivity index (χ3n) is 3.56. The Balaban J connectivity index is 1.93. The summed E-state index contributed by atoms with van der Waals surface area (Å²) in [4.78, 5) is 3.78. The van der Waals surface area contributed by atoms with Gasteiger partial charge in [-0.1, -0.05) is 48.5 Å². The van der Waals surface area contributed by atoms with Gasteiger partial charge in [-0.15, -0.1) is 11.8 Å². The maximum absolute atomic E-state index is 2.41. The van der Waals surface area contributed by atoms with E-state index in [1.165, 1.54) is 27.0 Å². The van der Waals surface area contributed by atoms with E-state index in [9.17, 15) is 0 Å². The second kappa shape index (κ2) is 4.32. The van der Waals surface area contributed by atoms with Gasteiger partial charge >= 0.3 is 0 Å². The summed E-state index contributed by atoms with van der Waals surface area (Å²) in [5.41, 5.74) is 2.62. The lowest BCUT2D eigenvalue weighted by molar-refractivity contribution is 1.19. The Morgan fingerprint density at radius 2 is 1.47 bits per heavy atom. The zero-order valence-electron chi connectivity index (χ0n) is 10.4. The zero-order valence-corrected chi connectivity index (χ0v) is 11.2. The van der Waals surface area contributed by atoms with E-state index in [1.807, 2.05) is 11.8 Å². The average Bonchev–Trinajstić information content (AvgIpc) is 2.90. The summed E-state index contributed by atoms with van der Waals surface area (Å²) in [5, 5.41) is 2.62. The van der Waals surface area contributed by atoms with Gasteiger partial charge in [-0.25, -0.2) is 0 Å². The molecule has 0 amide bonds. The van der Waals surface area contributed by atoms with Crippen LogP contribution in [0.3, 0.4) is 0 Å². The minimum Gasteiger partial charge on any atom is -0.330 e. The highest BCUT2D eigenvalue weighted by molar-refractivity contribution is 7.99. The molecule has 0 radical (unpaired) electrons. The molecule has 19 heavy (non-hydrogen) atoms. The third-order valence-corrected chi connectivity index (χ3v) is 4.61. The first-order chi connectivity index (χ1) is 9.43. The molecule has 0 bridgehead atoms. The molecule has 0 saturated heterocycles. The molecule has 0 saturated carbocycles. The zero-order chi connectivity index (χ0) is 12.7. The van der Waals surface area contributed by atoms with Crippen molar-refractivity contribution < 1.29 is 0 Å². The second-order valence-corrected chi connectivity index (χ2v) is 5.65. The van der Waals surface area contributed by atoms with Crippen LogP contribution in [0.4, 0.5) is 11.4 Å². The Labute approximate surface area is 116 Å². The Bertz CT molecular complexity index is 746. The fourth-order valence-electron chi connectivity index (χ4n) is 2.65. The second-order valence-electron chi connectivity index (χ2n) is 4.67. The van der Waals surface area contributed by atoms with Gasteiger partial charge in [0.1, 0.15) is 0 Å². The summed E-state index contributed by atoms with van der Waals surface area (Å²) in [6, 6.07) is 23.7. The van der Waals surface area contributed by atoms with Gasteiger partial charge in [-0.05, 0) is 23.6 Å². The van der Waals surface area contributed by atoms with Crippen LogP contribution in [0, 0.1) is 0 Å². The predicted molar refractivity (Wildman–Crippen MR) is 83.3 cm³/mol. The normalized spacial score (nSPS) is 13.8. The molecule has 2 heteroatoms. The number of hydrogen-bond acceptors (Lipinski definition) is 2. The molecule has 3 aromatic carbocycles. The van der Waals surface area contributed by atoms with Crippen LogP contribution < -0.4 is 4.90 Å². The number of fused-ring (bicyclic) bond motifs is 2. The lowest BCUT2D eigenvalue weighted by Crippen LogP contribution is -2.11. The van der Waals surface area contributed by atoms with E-state index >= 15 is 0 Å². The van der Waals surface area contributed by atoms with Gasteiger partial charge < -0.3 is 4.90 Å². The highest BCUT2D eigenvalue weighted by Gasteiger charge is 2.21. The molecule has 1 aliphatic rings. The SMILES string of the molecule is c1ccc2c(c1)SCN2c1cccc2ccccc12. The van der Waals surface area contributed by atoms with Crippen molar-refractivity contribution in [1.82, 2.24) is 0 Å². The molecule has 3 aromatic rings. The molecule has 0 N–H and O–H groups in total. The molecular weight excluding hydrogens is 250 g/mol. The summed E-state index contributed by atoms with van der Waals surface area (Å²) in [5.74, 6) is 0.993. The number of anilines is 2. The molecule has 1 nitrogen and oxygen atoms in total. The van der Waals surface area contributed by atoms with Crippen molar-refractivity contribution in [1.29, 1.82) is 0 Å². The minimum atomic E-state index is 0.993. The summed E-state index contributed by atoms with van der Waals surface area (Å²) in [6.45, 7) is 0. The summed E-state index contributed by atoms with van der Waals surface area (Å²) < 4.78 is 0. The molecular formula is C17H13NS. The molecule has 1 aliphatic heterocycles. The van der Waals surface area contributed by atoms with Crippen LogP contribution in [-0.4, -0.2) is 5.88 Å². The quantitative estimate of drug-likeness (QED) is 0.605. The van der Waals surface area contributed by atoms with E-state index in [-0.39, 0.29) is 0 Å². The van der Waals surface area contributed by atoms with Crippen LogP contribution in [0.25, 0.3) is 10.8 Å². The van der Waals surface area contributed by atoms with Gasteiger partial charge in [0.25, 0.3) is 0 Å². The average molecular weight is 263 g/mol. The van der Waals surface area contributed by atoms with Gasteiger partial charge in [0.15, 0.2) is 0 Å². The summed E-state index contributed by atoms with van der Waals surface area (Å²) >= 11 is 1.91. The van der Waals surface area contributed by atoms with E-state index < -0.39 is 0 Å². The highest BCUT2D eigenvalue weighted by atomic mass is 32.2. The lowest BCUT2D eigenvalue weighted by atomic mass is 10.1. The number of benzene rings is 3. The monoisotopic (exact) mass is 263 g/mol. The van der Waals surface area contributed by atoms with Crippen LogP contribution in [0.2, 0.25) is 0 Å². The predicted octanol–water partition coefficient (Wildman–Crippen LogP) is 5.04. The summed E-state index contributed by atoms with van der Waals surface area (Å²) in [7, 11) is 0. The first-order valence-corrected chi connectivity index (χ1v) is 7.39. The Kier molecular flexibility index (Phi) is 2.49. The molecule has 0 aliphatic carbocycles. The van der Waals surface area contributed by atoms with Gasteiger partial charge in [-0.2, -0.15) is 0 Å². The van der Waals surface area contributed by atoms with Crippen LogP contribution >= 0.6 is 11.8 Å². The maximum atomic E-state index is 2.41. The third kappa shape index (κ3) is 1.71. The Hall–Kier alpha value is -1.93. The fraction of sp³-hybridized carbons (Fsp3) is 0.0588. The van der Waals surface area contributed by atoms with Crippen molar-refractivity contribution in [3.05, 3.63) is 66.7 Å². The molecule has 0 atom stereocenters. The van der Waals surface area contributed by atoms with Gasteiger partial charge in [-0.3, -0.25) is 0 Å². The number of rotatable bonds is 1. The van der Waals surface area contributed by atoms with Crippen molar-refractivity contribution >= 4 is 33.9 Å². The molecule has 4 rings (SSSR count). The van der Waals surface area contributed by atoms with Crippen LogP contribution in [0.15, 0.2) is 71.6 Å². The van der Waals surface area contributed by atoms with Gasteiger partial charge in [0, 0.05) is 16.0 Å². The van der Waals surface area contributed by atoms with Crippen molar-refractivity contribution in [3.63, 3.8) is 0 Å². The number of hydrogen-bond donors (Lipinski definition) is 0. The smallest absolute Gasteiger partial charge is 0.0736 e. The van der Waals surface area contributed by atoms with Crippen molar-refractivity contribution in [2.45, 2.75) is 4.90 Å². The standard InChI is InChI=1S/C17H13NS/c1-2-8-14-13(6-1)7-5-10-15(14)18-12-19-17-11-4-3-9-16(17)18/h1-11H,12H2. The molecule has 0 aromatic heterocycles. The van der Waals surface area contributed by atoms with Crippen LogP contribution in [-0.2, 0) is 0 Å². The molecule has 92 valence electrons. The molecule has 0 spiro atoms. The van der Waals surface area contributed by atoms with Crippen molar-refractivity contribution in [2.24, 2.45) is 0 Å². The largest absolute Gasteiger partial charge is 0.330 e. The van der Waals surface area contributed by atoms with E-state index in [0.717, 1.165) is 5.88 Å². The van der Waals surface area contributed by atoms with Crippen LogP contribution in [0.5, 0.6) is 0 Å². The topological polar surface area (TPSA) is 3.24 Å². The van der Waals surface area contributed by atoms with Crippen LogP contribution in [0.1, 0.15) is 0 Å². The number of nitrogens with zero attached hydrogens (tertiary/aromatic N) is 1. The molecule has 0 unspecified atom stereocenters. The molecule has 0 fully saturated rings. The first-order valence-electron chi connectivity index (χ1n) is 6.40. The van der Waals surface area contributed by atoms with E-state index in [0.29, 0.717) is 0 Å². The van der Waals surface area contributed by atoms with E-state index in [4.69, 9.17) is 0 Å². The molecule has 1 heterocycles. The van der Waals surface area contributed by atoms with Crippen molar-refractivity contribution in [2.75, 3.05) is 10.8 Å². The summed E-state index contributed by atoms with van der Waals surface area (Å²) in [6.07, 6.45) is 0. The number of thioether (sulfide) groups is 1. The Morgan fingerprint density at radius 1 is 0.737 bits per heavy atom. The maximum Gasteiger partial charge on any atom is 0.0736 e. The Morgan fingerprint density at radius 3 is 2.47 bits per heavy atom. The lowest BCUT2D eigenvalue weighted by Gasteiger charge is -2.20. The minimum absolute atomic E-state index is 0.993. The van der Waals surface area contributed by atoms with Gasteiger partial charge in [0.2, 0.25) is 0 Å².